The summed E-state index contributed by atoms with van der Waals surface area (Å²) in [5, 5.41) is 8.35. The van der Waals surface area contributed by atoms with Gasteiger partial charge in [-0.15, -0.1) is 0 Å². The van der Waals surface area contributed by atoms with Crippen molar-refractivity contribution in [1.82, 2.24) is 4.98 Å². The van der Waals surface area contributed by atoms with E-state index in [9.17, 15) is 13.2 Å². The molecule has 0 aliphatic carbocycles. The molecule has 0 spiro atoms. The molecule has 1 aromatic rings. The number of rotatable bonds is 1. The van der Waals surface area contributed by atoms with Gasteiger partial charge in [0.25, 0.3) is 6.43 Å². The van der Waals surface area contributed by atoms with Crippen LogP contribution in [-0.4, -0.2) is 4.98 Å². The smallest absolute Gasteiger partial charge is 0.280 e. The highest BCUT2D eigenvalue weighted by molar-refractivity contribution is 5.51. The molecule has 0 unspecified atom stereocenters. The number of hydrogen-bond acceptors (Lipinski definition) is 3. The second kappa shape index (κ2) is 3.31. The highest BCUT2D eigenvalue weighted by atomic mass is 19.3. The summed E-state index contributed by atoms with van der Waals surface area (Å²) in [6.45, 7) is 0. The number of nitriles is 1. The molecule has 0 aliphatic heterocycles. The Morgan fingerprint density at radius 2 is 2.15 bits per heavy atom. The molecule has 0 aromatic carbocycles. The predicted octanol–water partition coefficient (Wildman–Crippen LogP) is 1.61. The van der Waals surface area contributed by atoms with E-state index in [4.69, 9.17) is 11.0 Å². The zero-order valence-electron chi connectivity index (χ0n) is 6.26. The van der Waals surface area contributed by atoms with Crippen molar-refractivity contribution >= 4 is 5.69 Å². The average molecular weight is 187 g/mol. The number of aromatic nitrogens is 1. The number of anilines is 1. The summed E-state index contributed by atoms with van der Waals surface area (Å²) in [6.07, 6.45) is -2.91. The van der Waals surface area contributed by atoms with Crippen LogP contribution in [0.25, 0.3) is 0 Å². The molecule has 3 nitrogen and oxygen atoms in total. The Bertz CT molecular complexity index is 370. The van der Waals surface area contributed by atoms with Gasteiger partial charge in [0, 0.05) is 6.07 Å². The number of hydrogen-bond donors (Lipinski definition) is 1. The van der Waals surface area contributed by atoms with Crippen LogP contribution >= 0.6 is 0 Å². The zero-order valence-corrected chi connectivity index (χ0v) is 6.26. The monoisotopic (exact) mass is 187 g/mol. The van der Waals surface area contributed by atoms with Crippen molar-refractivity contribution < 1.29 is 13.2 Å². The molecule has 0 saturated heterocycles. The summed E-state index contributed by atoms with van der Waals surface area (Å²) in [5.74, 6) is -1.05. The van der Waals surface area contributed by atoms with E-state index in [2.05, 4.69) is 4.98 Å². The van der Waals surface area contributed by atoms with Crippen molar-refractivity contribution in [3.63, 3.8) is 0 Å². The molecule has 0 aliphatic rings. The van der Waals surface area contributed by atoms with E-state index >= 15 is 0 Å². The molecule has 2 N–H and O–H groups in total. The summed E-state index contributed by atoms with van der Waals surface area (Å²) in [6, 6.07) is 1.94. The van der Waals surface area contributed by atoms with Gasteiger partial charge in [-0.3, -0.25) is 0 Å². The first-order valence-electron chi connectivity index (χ1n) is 3.20. The molecule has 6 heteroatoms. The Labute approximate surface area is 71.6 Å². The predicted molar refractivity (Wildman–Crippen MR) is 38.3 cm³/mol. The number of nitrogen functional groups attached to an aromatic ring is 1. The molecule has 1 heterocycles. The van der Waals surface area contributed by atoms with Gasteiger partial charge in [-0.05, 0) is 0 Å². The van der Waals surface area contributed by atoms with Gasteiger partial charge < -0.3 is 5.73 Å². The second-order valence-corrected chi connectivity index (χ2v) is 2.20. The molecule has 13 heavy (non-hydrogen) atoms. The van der Waals surface area contributed by atoms with E-state index in [1.807, 2.05) is 0 Å². The van der Waals surface area contributed by atoms with Crippen molar-refractivity contribution in [3.05, 3.63) is 23.3 Å². The SMILES string of the molecule is N#Cc1nc(C(F)F)cc(F)c1N. The molecule has 0 fully saturated rings. The summed E-state index contributed by atoms with van der Waals surface area (Å²) < 4.78 is 36.8. The largest absolute Gasteiger partial charge is 0.394 e. The molecule has 0 radical (unpaired) electrons. The molecule has 0 amide bonds. The lowest BCUT2D eigenvalue weighted by molar-refractivity contribution is 0.145. The topological polar surface area (TPSA) is 62.7 Å². The van der Waals surface area contributed by atoms with Gasteiger partial charge in [-0.2, -0.15) is 5.26 Å². The third-order valence-electron chi connectivity index (χ3n) is 1.36. The second-order valence-electron chi connectivity index (χ2n) is 2.20. The first-order valence-corrected chi connectivity index (χ1v) is 3.20. The highest BCUT2D eigenvalue weighted by Crippen LogP contribution is 2.21. The Morgan fingerprint density at radius 1 is 1.54 bits per heavy atom. The van der Waals surface area contributed by atoms with Crippen LogP contribution in [0.3, 0.4) is 0 Å². The maximum atomic E-state index is 12.7. The van der Waals surface area contributed by atoms with Crippen LogP contribution in [0.2, 0.25) is 0 Å². The minimum atomic E-state index is -2.91. The minimum Gasteiger partial charge on any atom is -0.394 e. The van der Waals surface area contributed by atoms with Crippen LogP contribution in [0.15, 0.2) is 6.07 Å². The van der Waals surface area contributed by atoms with Crippen LogP contribution in [0, 0.1) is 17.1 Å². The van der Waals surface area contributed by atoms with E-state index in [1.165, 1.54) is 6.07 Å². The normalized spacial score (nSPS) is 10.1. The minimum absolute atomic E-state index is 0.507. The molecule has 1 rings (SSSR count). The maximum absolute atomic E-state index is 12.7. The Balaban J connectivity index is 3.32. The van der Waals surface area contributed by atoms with Crippen molar-refractivity contribution in [2.24, 2.45) is 0 Å². The Kier molecular flexibility index (Phi) is 2.37. The van der Waals surface area contributed by atoms with Gasteiger partial charge in [0.2, 0.25) is 0 Å². The Hall–Kier alpha value is -1.77. The fraction of sp³-hybridized carbons (Fsp3) is 0.143. The van der Waals surface area contributed by atoms with E-state index in [0.29, 0.717) is 6.07 Å². The molecule has 0 atom stereocenters. The molecule has 0 bridgehead atoms. The van der Waals surface area contributed by atoms with Gasteiger partial charge in [0.1, 0.15) is 17.5 Å². The Morgan fingerprint density at radius 3 is 2.62 bits per heavy atom. The van der Waals surface area contributed by atoms with Crippen molar-refractivity contribution in [2.75, 3.05) is 5.73 Å². The van der Waals surface area contributed by atoms with Crippen molar-refractivity contribution in [3.8, 4) is 6.07 Å². The molecular formula is C7H4F3N3. The van der Waals surface area contributed by atoms with Gasteiger partial charge in [0.15, 0.2) is 11.5 Å². The number of halogens is 3. The van der Waals surface area contributed by atoms with E-state index in [1.54, 1.807) is 0 Å². The third kappa shape index (κ3) is 1.69. The van der Waals surface area contributed by atoms with E-state index in [-0.39, 0.29) is 0 Å². The summed E-state index contributed by atoms with van der Waals surface area (Å²) in [4.78, 5) is 3.18. The van der Waals surface area contributed by atoms with Gasteiger partial charge in [-0.1, -0.05) is 0 Å². The number of nitrogens with two attached hydrogens (primary N) is 1. The average Bonchev–Trinajstić information content (AvgIpc) is 2.09. The fourth-order valence-electron chi connectivity index (χ4n) is 0.739. The van der Waals surface area contributed by atoms with E-state index in [0.717, 1.165) is 0 Å². The van der Waals surface area contributed by atoms with Crippen LogP contribution in [0.4, 0.5) is 18.9 Å². The van der Waals surface area contributed by atoms with Crippen molar-refractivity contribution in [2.45, 2.75) is 6.43 Å². The zero-order chi connectivity index (χ0) is 10.0. The van der Waals surface area contributed by atoms with Gasteiger partial charge in [-0.25, -0.2) is 18.2 Å². The molecule has 68 valence electrons. The molecule has 0 saturated carbocycles. The van der Waals surface area contributed by atoms with Crippen LogP contribution in [0.1, 0.15) is 17.8 Å². The lowest BCUT2D eigenvalue weighted by Crippen LogP contribution is -2.02. The number of nitrogens with zero attached hydrogens (tertiary/aromatic N) is 2. The summed E-state index contributed by atoms with van der Waals surface area (Å²) in [7, 11) is 0. The highest BCUT2D eigenvalue weighted by Gasteiger charge is 2.15. The number of pyridine rings is 1. The van der Waals surface area contributed by atoms with Crippen LogP contribution < -0.4 is 5.73 Å². The lowest BCUT2D eigenvalue weighted by Gasteiger charge is -2.02. The maximum Gasteiger partial charge on any atom is 0.280 e. The first kappa shape index (κ1) is 9.32. The first-order chi connectivity index (χ1) is 6.06. The summed E-state index contributed by atoms with van der Waals surface area (Å²) in [5.41, 5.74) is 3.24. The van der Waals surface area contributed by atoms with Gasteiger partial charge >= 0.3 is 0 Å². The van der Waals surface area contributed by atoms with Crippen molar-refractivity contribution in [1.29, 1.82) is 5.26 Å². The molecule has 1 aromatic heterocycles. The van der Waals surface area contributed by atoms with Crippen LogP contribution in [-0.2, 0) is 0 Å². The third-order valence-corrected chi connectivity index (χ3v) is 1.36. The fourth-order valence-corrected chi connectivity index (χ4v) is 0.739. The summed E-state index contributed by atoms with van der Waals surface area (Å²) >= 11 is 0. The number of alkyl halides is 2. The lowest BCUT2D eigenvalue weighted by atomic mass is 10.2. The van der Waals surface area contributed by atoms with E-state index < -0.39 is 29.3 Å². The van der Waals surface area contributed by atoms with Crippen LogP contribution in [0.5, 0.6) is 0 Å². The quantitative estimate of drug-likeness (QED) is 0.726. The standard InChI is InChI=1S/C7H4F3N3/c8-3-1-4(7(9)10)13-5(2-11)6(3)12/h1,7H,12H2. The molecular weight excluding hydrogens is 183 g/mol. The van der Waals surface area contributed by atoms with Gasteiger partial charge in [0.05, 0.1) is 0 Å².